The highest BCUT2D eigenvalue weighted by Gasteiger charge is 2.24. The Kier molecular flexibility index (Phi) is 6.06. The molecular weight excluding hydrogens is 318 g/mol. The number of nitrogens with zero attached hydrogens (tertiary/aromatic N) is 1. The molecule has 1 atom stereocenters. The number of carbonyl (C=O) groups excluding carboxylic acids is 1. The van der Waals surface area contributed by atoms with Crippen LogP contribution in [0.1, 0.15) is 38.5 Å². The number of aromatic nitrogens is 1. The van der Waals surface area contributed by atoms with E-state index in [1.807, 2.05) is 24.3 Å². The maximum Gasteiger partial charge on any atom is 0.319 e. The van der Waals surface area contributed by atoms with Crippen molar-refractivity contribution in [3.8, 4) is 11.5 Å². The minimum Gasteiger partial charge on any atom is -0.445 e. The summed E-state index contributed by atoms with van der Waals surface area (Å²) < 4.78 is 5.25. The van der Waals surface area contributed by atoms with Gasteiger partial charge in [0.2, 0.25) is 5.89 Å². The number of nitrogens with one attached hydrogen (secondary N) is 2. The van der Waals surface area contributed by atoms with Crippen LogP contribution in [0.15, 0.2) is 41.1 Å². The van der Waals surface area contributed by atoms with Crippen LogP contribution in [0.5, 0.6) is 0 Å². The van der Waals surface area contributed by atoms with Crippen LogP contribution in [0.3, 0.4) is 0 Å². The Hall–Kier alpha value is -2.34. The summed E-state index contributed by atoms with van der Waals surface area (Å²) in [5.41, 5.74) is 1.57. The lowest BCUT2D eigenvalue weighted by molar-refractivity contribution is 0.202. The zero-order valence-corrected chi connectivity index (χ0v) is 14.3. The quantitative estimate of drug-likeness (QED) is 0.744. The Morgan fingerprint density at radius 3 is 2.64 bits per heavy atom. The van der Waals surface area contributed by atoms with Crippen molar-refractivity contribution in [1.82, 2.24) is 10.3 Å². The number of benzene rings is 1. The average molecular weight is 343 g/mol. The second-order valence-corrected chi connectivity index (χ2v) is 6.53. The van der Waals surface area contributed by atoms with E-state index in [9.17, 15) is 9.90 Å². The van der Waals surface area contributed by atoms with Crippen LogP contribution < -0.4 is 10.6 Å². The molecule has 1 aliphatic rings. The molecule has 1 aromatic heterocycles. The topological polar surface area (TPSA) is 87.4 Å². The summed E-state index contributed by atoms with van der Waals surface area (Å²) in [6.45, 7) is 0.0896. The molecular formula is C19H25N3O3. The van der Waals surface area contributed by atoms with Gasteiger partial charge in [-0.25, -0.2) is 9.78 Å². The zero-order valence-electron chi connectivity index (χ0n) is 14.3. The molecule has 1 unspecified atom stereocenters. The number of oxazole rings is 1. The summed E-state index contributed by atoms with van der Waals surface area (Å²) in [4.78, 5) is 16.4. The fourth-order valence-corrected chi connectivity index (χ4v) is 3.50. The first kappa shape index (κ1) is 17.5. The summed E-state index contributed by atoms with van der Waals surface area (Å²) in [5, 5.41) is 15.2. The van der Waals surface area contributed by atoms with Gasteiger partial charge < -0.3 is 20.2 Å². The number of aliphatic hydroxyl groups excluding tert-OH is 1. The van der Waals surface area contributed by atoms with Crippen molar-refractivity contribution in [2.75, 3.05) is 11.9 Å². The van der Waals surface area contributed by atoms with Gasteiger partial charge in [-0.1, -0.05) is 19.3 Å². The van der Waals surface area contributed by atoms with Crippen LogP contribution in [0.4, 0.5) is 10.5 Å². The number of carbonyl (C=O) groups is 1. The van der Waals surface area contributed by atoms with Crippen molar-refractivity contribution in [3.05, 3.63) is 36.7 Å². The molecule has 134 valence electrons. The smallest absolute Gasteiger partial charge is 0.319 e. The summed E-state index contributed by atoms with van der Waals surface area (Å²) in [6.07, 6.45) is 9.65. The van der Waals surface area contributed by atoms with Gasteiger partial charge in [0.1, 0.15) is 6.26 Å². The van der Waals surface area contributed by atoms with Gasteiger partial charge in [-0.2, -0.15) is 0 Å². The van der Waals surface area contributed by atoms with Gasteiger partial charge >= 0.3 is 6.03 Å². The molecule has 1 saturated carbocycles. The van der Waals surface area contributed by atoms with E-state index in [4.69, 9.17) is 4.42 Å². The van der Waals surface area contributed by atoms with Crippen LogP contribution >= 0.6 is 0 Å². The van der Waals surface area contributed by atoms with E-state index in [0.717, 1.165) is 18.4 Å². The van der Waals surface area contributed by atoms with Gasteiger partial charge in [-0.3, -0.25) is 0 Å². The maximum absolute atomic E-state index is 12.3. The molecule has 1 heterocycles. The second-order valence-electron chi connectivity index (χ2n) is 6.53. The molecule has 0 saturated heterocycles. The Labute approximate surface area is 147 Å². The van der Waals surface area contributed by atoms with E-state index in [1.165, 1.54) is 25.5 Å². The largest absolute Gasteiger partial charge is 0.445 e. The molecule has 1 aliphatic carbocycles. The van der Waals surface area contributed by atoms with Crippen LogP contribution in [-0.2, 0) is 0 Å². The lowest BCUT2D eigenvalue weighted by Crippen LogP contribution is -2.43. The molecule has 6 nitrogen and oxygen atoms in total. The van der Waals surface area contributed by atoms with Crippen molar-refractivity contribution in [2.24, 2.45) is 5.92 Å². The van der Waals surface area contributed by atoms with E-state index >= 15 is 0 Å². The third-order valence-electron chi connectivity index (χ3n) is 4.80. The standard InChI is InChI=1S/C19H25N3O3/c23-12-10-17(14-4-2-1-3-5-14)22-19(24)21-16-8-6-15(7-9-16)18-20-11-13-25-18/h6-9,11,13-14,17,23H,1-5,10,12H2,(H2,21,22,24). The molecule has 0 bridgehead atoms. The maximum atomic E-state index is 12.3. The molecule has 2 aromatic rings. The fraction of sp³-hybridized carbons (Fsp3) is 0.474. The summed E-state index contributed by atoms with van der Waals surface area (Å²) >= 11 is 0. The van der Waals surface area contributed by atoms with Crippen molar-refractivity contribution in [1.29, 1.82) is 0 Å². The first-order valence-corrected chi connectivity index (χ1v) is 8.94. The van der Waals surface area contributed by atoms with Crippen LogP contribution in [0.2, 0.25) is 0 Å². The highest BCUT2D eigenvalue weighted by Crippen LogP contribution is 2.28. The van der Waals surface area contributed by atoms with Gasteiger partial charge in [0.15, 0.2) is 0 Å². The number of amides is 2. The Bertz CT molecular complexity index is 649. The van der Waals surface area contributed by atoms with Gasteiger partial charge in [0.25, 0.3) is 0 Å². The summed E-state index contributed by atoms with van der Waals surface area (Å²) in [6, 6.07) is 7.15. The molecule has 25 heavy (non-hydrogen) atoms. The summed E-state index contributed by atoms with van der Waals surface area (Å²) in [7, 11) is 0. The van der Waals surface area contributed by atoms with Crippen molar-refractivity contribution < 1.29 is 14.3 Å². The molecule has 1 fully saturated rings. The van der Waals surface area contributed by atoms with Crippen LogP contribution in [0, 0.1) is 5.92 Å². The van der Waals surface area contributed by atoms with Crippen molar-refractivity contribution in [2.45, 2.75) is 44.6 Å². The Balaban J connectivity index is 1.56. The molecule has 0 radical (unpaired) electrons. The molecule has 0 aliphatic heterocycles. The third-order valence-corrected chi connectivity index (χ3v) is 4.80. The Morgan fingerprint density at radius 1 is 1.24 bits per heavy atom. The van der Waals surface area contributed by atoms with Crippen molar-refractivity contribution >= 4 is 11.7 Å². The lowest BCUT2D eigenvalue weighted by atomic mass is 9.83. The van der Waals surface area contributed by atoms with E-state index in [1.54, 1.807) is 6.20 Å². The number of rotatable bonds is 6. The van der Waals surface area contributed by atoms with Crippen LogP contribution in [-0.4, -0.2) is 28.8 Å². The third kappa shape index (κ3) is 4.82. The lowest BCUT2D eigenvalue weighted by Gasteiger charge is -2.30. The molecule has 0 spiro atoms. The van der Waals surface area contributed by atoms with E-state index in [-0.39, 0.29) is 18.7 Å². The fourth-order valence-electron chi connectivity index (χ4n) is 3.50. The van der Waals surface area contributed by atoms with E-state index < -0.39 is 0 Å². The predicted molar refractivity (Wildman–Crippen MR) is 96.2 cm³/mol. The minimum atomic E-state index is -0.229. The molecule has 1 aromatic carbocycles. The van der Waals surface area contributed by atoms with Gasteiger partial charge in [-0.05, 0) is 49.4 Å². The Morgan fingerprint density at radius 2 is 2.00 bits per heavy atom. The predicted octanol–water partition coefficient (Wildman–Crippen LogP) is 3.79. The van der Waals surface area contributed by atoms with Gasteiger partial charge in [-0.15, -0.1) is 0 Å². The summed E-state index contributed by atoms with van der Waals surface area (Å²) in [5.74, 6) is 1.01. The second kappa shape index (κ2) is 8.67. The number of hydrogen-bond acceptors (Lipinski definition) is 4. The number of aliphatic hydroxyl groups is 1. The van der Waals surface area contributed by atoms with Crippen molar-refractivity contribution in [3.63, 3.8) is 0 Å². The highest BCUT2D eigenvalue weighted by molar-refractivity contribution is 5.89. The molecule has 3 rings (SSSR count). The van der Waals surface area contributed by atoms with Gasteiger partial charge in [0, 0.05) is 23.9 Å². The molecule has 3 N–H and O–H groups in total. The number of hydrogen-bond donors (Lipinski definition) is 3. The zero-order chi connectivity index (χ0) is 17.5. The SMILES string of the molecule is O=C(Nc1ccc(-c2ncco2)cc1)NC(CCO)C1CCCCC1. The monoisotopic (exact) mass is 343 g/mol. The molecule has 2 amide bonds. The molecule has 6 heteroatoms. The van der Waals surface area contributed by atoms with Gasteiger partial charge in [0.05, 0.1) is 6.20 Å². The van der Waals surface area contributed by atoms with E-state index in [2.05, 4.69) is 15.6 Å². The average Bonchev–Trinajstić information content (AvgIpc) is 3.17. The van der Waals surface area contributed by atoms with E-state index in [0.29, 0.717) is 23.9 Å². The first-order valence-electron chi connectivity index (χ1n) is 8.94. The highest BCUT2D eigenvalue weighted by atomic mass is 16.3. The normalized spacial score (nSPS) is 16.4. The number of anilines is 1. The first-order chi connectivity index (χ1) is 12.3. The van der Waals surface area contributed by atoms with Crippen LogP contribution in [0.25, 0.3) is 11.5 Å². The minimum absolute atomic E-state index is 0.0249. The number of urea groups is 1.